The molecule has 106 valence electrons. The van der Waals surface area contributed by atoms with Crippen LogP contribution in [0.15, 0.2) is 0 Å². The fraction of sp³-hybridized carbons (Fsp3) is 1.00. The molecule has 0 amide bonds. The Morgan fingerprint density at radius 1 is 1.33 bits per heavy atom. The van der Waals surface area contributed by atoms with Crippen molar-refractivity contribution >= 4 is 0 Å². The second kappa shape index (κ2) is 4.98. The lowest BCUT2D eigenvalue weighted by Gasteiger charge is -2.38. The van der Waals surface area contributed by atoms with Crippen LogP contribution in [0.3, 0.4) is 0 Å². The zero-order valence-corrected chi connectivity index (χ0v) is 10.4. The first-order chi connectivity index (χ1) is 8.34. The molecular weight excluding hydrogens is 245 g/mol. The monoisotopic (exact) mass is 266 g/mol. The largest absolute Gasteiger partial charge is 0.394 e. The molecule has 3 nitrogen and oxygen atoms in total. The number of alkyl halides is 3. The minimum absolute atomic E-state index is 0.0833. The highest BCUT2D eigenvalue weighted by atomic mass is 19.4. The summed E-state index contributed by atoms with van der Waals surface area (Å²) in [5.74, 6) is -1.20. The van der Waals surface area contributed by atoms with Gasteiger partial charge in [-0.1, -0.05) is 0 Å². The SMILES string of the molecule is NC1(CO)CCC(N2CCCC(C(F)(F)F)C2)C1. The normalized spacial score (nSPS) is 39.2. The minimum Gasteiger partial charge on any atom is -0.394 e. The van der Waals surface area contributed by atoms with Gasteiger partial charge in [-0.3, -0.25) is 4.90 Å². The van der Waals surface area contributed by atoms with Crippen LogP contribution in [0.1, 0.15) is 32.1 Å². The molecule has 1 aliphatic carbocycles. The molecular formula is C12H21F3N2O. The lowest BCUT2D eigenvalue weighted by Crippen LogP contribution is -2.48. The van der Waals surface area contributed by atoms with E-state index in [1.54, 1.807) is 0 Å². The molecule has 0 spiro atoms. The van der Waals surface area contributed by atoms with E-state index in [-0.39, 0.29) is 25.6 Å². The maximum absolute atomic E-state index is 12.7. The highest BCUT2D eigenvalue weighted by Crippen LogP contribution is 2.37. The van der Waals surface area contributed by atoms with Crippen LogP contribution >= 0.6 is 0 Å². The van der Waals surface area contributed by atoms with Crippen LogP contribution in [-0.2, 0) is 0 Å². The van der Waals surface area contributed by atoms with Gasteiger partial charge < -0.3 is 10.8 Å². The molecule has 0 radical (unpaired) electrons. The molecule has 0 bridgehead atoms. The molecule has 2 fully saturated rings. The molecule has 3 N–H and O–H groups in total. The number of nitrogens with zero attached hydrogens (tertiary/aromatic N) is 1. The number of aliphatic hydroxyl groups excluding tert-OH is 1. The average molecular weight is 266 g/mol. The smallest absolute Gasteiger partial charge is 0.393 e. The number of hydrogen-bond acceptors (Lipinski definition) is 3. The highest BCUT2D eigenvalue weighted by molar-refractivity contribution is 4.98. The zero-order chi connectivity index (χ0) is 13.4. The van der Waals surface area contributed by atoms with Crippen molar-refractivity contribution in [1.82, 2.24) is 4.90 Å². The molecule has 3 unspecified atom stereocenters. The first-order valence-electron chi connectivity index (χ1n) is 6.54. The van der Waals surface area contributed by atoms with E-state index in [2.05, 4.69) is 0 Å². The lowest BCUT2D eigenvalue weighted by molar-refractivity contribution is -0.188. The minimum atomic E-state index is -4.09. The van der Waals surface area contributed by atoms with Gasteiger partial charge in [0.2, 0.25) is 0 Å². The summed E-state index contributed by atoms with van der Waals surface area (Å²) < 4.78 is 38.2. The predicted octanol–water partition coefficient (Wildman–Crippen LogP) is 1.50. The summed E-state index contributed by atoms with van der Waals surface area (Å²) >= 11 is 0. The highest BCUT2D eigenvalue weighted by Gasteiger charge is 2.45. The van der Waals surface area contributed by atoms with Crippen LogP contribution in [0.2, 0.25) is 0 Å². The second-order valence-corrected chi connectivity index (χ2v) is 5.79. The van der Waals surface area contributed by atoms with E-state index in [1.165, 1.54) is 0 Å². The summed E-state index contributed by atoms with van der Waals surface area (Å²) in [7, 11) is 0. The van der Waals surface area contributed by atoms with Crippen molar-refractivity contribution in [2.45, 2.75) is 49.9 Å². The molecule has 6 heteroatoms. The topological polar surface area (TPSA) is 49.5 Å². The Balaban J connectivity index is 1.94. The number of nitrogens with two attached hydrogens (primary N) is 1. The molecule has 2 rings (SSSR count). The van der Waals surface area contributed by atoms with E-state index in [4.69, 9.17) is 5.73 Å². The van der Waals surface area contributed by atoms with Crippen LogP contribution in [-0.4, -0.2) is 47.5 Å². The zero-order valence-electron chi connectivity index (χ0n) is 10.4. The van der Waals surface area contributed by atoms with Crippen molar-refractivity contribution in [2.75, 3.05) is 19.7 Å². The molecule has 2 aliphatic rings. The quantitative estimate of drug-likeness (QED) is 0.796. The van der Waals surface area contributed by atoms with Crippen LogP contribution in [0, 0.1) is 5.92 Å². The van der Waals surface area contributed by atoms with Gasteiger partial charge in [0.1, 0.15) is 0 Å². The predicted molar refractivity (Wildman–Crippen MR) is 62.0 cm³/mol. The maximum Gasteiger partial charge on any atom is 0.393 e. The average Bonchev–Trinajstić information content (AvgIpc) is 2.72. The Bertz CT molecular complexity index is 298. The van der Waals surface area contributed by atoms with E-state index in [0.717, 1.165) is 13.0 Å². The van der Waals surface area contributed by atoms with Gasteiger partial charge in [-0.15, -0.1) is 0 Å². The van der Waals surface area contributed by atoms with E-state index >= 15 is 0 Å². The summed E-state index contributed by atoms with van der Waals surface area (Å²) in [5.41, 5.74) is 5.39. The number of hydrogen-bond donors (Lipinski definition) is 2. The molecule has 0 aromatic rings. The molecule has 0 aromatic carbocycles. The Morgan fingerprint density at radius 3 is 2.61 bits per heavy atom. The fourth-order valence-electron chi connectivity index (χ4n) is 3.19. The van der Waals surface area contributed by atoms with Gasteiger partial charge in [0.25, 0.3) is 0 Å². The first kappa shape index (κ1) is 14.1. The van der Waals surface area contributed by atoms with Gasteiger partial charge >= 0.3 is 6.18 Å². The van der Waals surface area contributed by atoms with Crippen molar-refractivity contribution in [2.24, 2.45) is 11.7 Å². The van der Waals surface area contributed by atoms with Crippen LogP contribution < -0.4 is 5.73 Å². The summed E-state index contributed by atoms with van der Waals surface area (Å²) in [4.78, 5) is 1.92. The number of halogens is 3. The van der Waals surface area contributed by atoms with Crippen molar-refractivity contribution in [1.29, 1.82) is 0 Å². The van der Waals surface area contributed by atoms with Crippen molar-refractivity contribution < 1.29 is 18.3 Å². The summed E-state index contributed by atoms with van der Waals surface area (Å²) in [5, 5.41) is 9.20. The fourth-order valence-corrected chi connectivity index (χ4v) is 3.19. The van der Waals surface area contributed by atoms with Crippen LogP contribution in [0.25, 0.3) is 0 Å². The van der Waals surface area contributed by atoms with Gasteiger partial charge in [-0.25, -0.2) is 0 Å². The summed E-state index contributed by atoms with van der Waals surface area (Å²) in [6.45, 7) is 0.731. The van der Waals surface area contributed by atoms with Crippen molar-refractivity contribution in [3.8, 4) is 0 Å². The number of piperidine rings is 1. The Labute approximate surface area is 105 Å². The third-order valence-electron chi connectivity index (χ3n) is 4.36. The number of likely N-dealkylation sites (tertiary alicyclic amines) is 1. The maximum atomic E-state index is 12.7. The van der Waals surface area contributed by atoms with Crippen molar-refractivity contribution in [3.63, 3.8) is 0 Å². The van der Waals surface area contributed by atoms with E-state index in [0.29, 0.717) is 19.3 Å². The van der Waals surface area contributed by atoms with Gasteiger partial charge in [0.15, 0.2) is 0 Å². The van der Waals surface area contributed by atoms with Gasteiger partial charge in [0, 0.05) is 18.1 Å². The van der Waals surface area contributed by atoms with E-state index in [9.17, 15) is 18.3 Å². The van der Waals surface area contributed by atoms with Gasteiger partial charge in [-0.05, 0) is 38.6 Å². The second-order valence-electron chi connectivity index (χ2n) is 5.79. The molecule has 0 aromatic heterocycles. The van der Waals surface area contributed by atoms with Crippen LogP contribution in [0.4, 0.5) is 13.2 Å². The first-order valence-corrected chi connectivity index (χ1v) is 6.54. The van der Waals surface area contributed by atoms with Crippen LogP contribution in [0.5, 0.6) is 0 Å². The lowest BCUT2D eigenvalue weighted by atomic mass is 9.95. The summed E-state index contributed by atoms with van der Waals surface area (Å²) in [6, 6.07) is 0.104. The third-order valence-corrected chi connectivity index (χ3v) is 4.36. The third kappa shape index (κ3) is 2.97. The number of rotatable bonds is 2. The molecule has 1 saturated carbocycles. The Morgan fingerprint density at radius 2 is 2.06 bits per heavy atom. The Hall–Kier alpha value is -0.330. The van der Waals surface area contributed by atoms with E-state index < -0.39 is 17.6 Å². The van der Waals surface area contributed by atoms with Gasteiger partial charge in [-0.2, -0.15) is 13.2 Å². The van der Waals surface area contributed by atoms with Gasteiger partial charge in [0.05, 0.1) is 12.5 Å². The number of aliphatic hydroxyl groups is 1. The Kier molecular flexibility index (Phi) is 3.90. The van der Waals surface area contributed by atoms with Crippen molar-refractivity contribution in [3.05, 3.63) is 0 Å². The molecule has 1 heterocycles. The molecule has 1 saturated heterocycles. The van der Waals surface area contributed by atoms with E-state index in [1.807, 2.05) is 4.90 Å². The molecule has 18 heavy (non-hydrogen) atoms. The molecule has 1 aliphatic heterocycles. The summed E-state index contributed by atoms with van der Waals surface area (Å²) in [6.07, 6.45) is -1.16. The standard InChI is InChI=1S/C12H21F3N2O/c13-12(14,15)9-2-1-5-17(7-9)10-3-4-11(16,6-10)8-18/h9-10,18H,1-8,16H2. The molecule has 3 atom stereocenters.